The first kappa shape index (κ1) is 7.99. The Kier molecular flexibility index (Phi) is 2.42. The van der Waals surface area contributed by atoms with Crippen LogP contribution in [0.3, 0.4) is 0 Å². The minimum atomic E-state index is 0.540. The predicted octanol–water partition coefficient (Wildman–Crippen LogP) is 1.89. The third-order valence-corrected chi connectivity index (χ3v) is 1.77. The maximum absolute atomic E-state index is 5.60. The van der Waals surface area contributed by atoms with Gasteiger partial charge >= 0.3 is 0 Å². The molecule has 0 aromatic heterocycles. The van der Waals surface area contributed by atoms with Crippen LogP contribution in [0.2, 0.25) is 0 Å². The topological polar surface area (TPSA) is 26.0 Å². The van der Waals surface area contributed by atoms with E-state index in [0.717, 1.165) is 11.1 Å². The quantitative estimate of drug-likeness (QED) is 0.640. The molecule has 0 unspecified atom stereocenters. The van der Waals surface area contributed by atoms with Gasteiger partial charge in [0.15, 0.2) is 0 Å². The van der Waals surface area contributed by atoms with Crippen molar-refractivity contribution >= 4 is 22.9 Å². The van der Waals surface area contributed by atoms with Gasteiger partial charge in [0.25, 0.3) is 0 Å². The molecule has 1 nitrogen and oxygen atoms in total. The van der Waals surface area contributed by atoms with Crippen molar-refractivity contribution in [3.63, 3.8) is 0 Å². The van der Waals surface area contributed by atoms with Crippen molar-refractivity contribution in [2.24, 2.45) is 5.73 Å². The summed E-state index contributed by atoms with van der Waals surface area (Å²) in [5, 5.41) is 2.50. The normalized spacial score (nSPS) is 8.82. The molecule has 0 spiro atoms. The predicted molar refractivity (Wildman–Crippen MR) is 51.4 cm³/mol. The second-order valence-electron chi connectivity index (χ2n) is 2.33. The van der Waals surface area contributed by atoms with Crippen LogP contribution in [-0.2, 0) is 0 Å². The SMILES string of the molecule is Cc1ccccc1C(N)=C=S. The minimum Gasteiger partial charge on any atom is -0.391 e. The highest BCUT2D eigenvalue weighted by atomic mass is 32.1. The van der Waals surface area contributed by atoms with Crippen LogP contribution in [0.5, 0.6) is 0 Å². The van der Waals surface area contributed by atoms with Crippen LogP contribution in [0, 0.1) is 6.92 Å². The molecule has 0 saturated heterocycles. The Labute approximate surface area is 71.5 Å². The second kappa shape index (κ2) is 3.33. The molecule has 0 atom stereocenters. The molecule has 0 saturated carbocycles. The Morgan fingerprint density at radius 3 is 2.64 bits per heavy atom. The van der Waals surface area contributed by atoms with Gasteiger partial charge in [-0.25, -0.2) is 0 Å². The molecule has 0 aliphatic rings. The molecule has 1 aromatic carbocycles. The second-order valence-corrected chi connectivity index (χ2v) is 2.53. The summed E-state index contributed by atoms with van der Waals surface area (Å²) in [6.07, 6.45) is 0. The molecule has 0 bridgehead atoms. The van der Waals surface area contributed by atoms with Gasteiger partial charge in [-0.05, 0) is 29.7 Å². The van der Waals surface area contributed by atoms with Crippen LogP contribution in [0.15, 0.2) is 24.3 Å². The lowest BCUT2D eigenvalue weighted by molar-refractivity contribution is 1.40. The molecule has 0 heterocycles. The van der Waals surface area contributed by atoms with Crippen LogP contribution < -0.4 is 5.73 Å². The maximum atomic E-state index is 5.60. The zero-order chi connectivity index (χ0) is 8.27. The van der Waals surface area contributed by atoms with E-state index in [1.165, 1.54) is 0 Å². The van der Waals surface area contributed by atoms with E-state index in [1.54, 1.807) is 0 Å². The summed E-state index contributed by atoms with van der Waals surface area (Å²) in [6, 6.07) is 7.83. The number of thiocarbonyl (C=S) groups is 1. The largest absolute Gasteiger partial charge is 0.391 e. The van der Waals surface area contributed by atoms with E-state index in [4.69, 9.17) is 5.73 Å². The van der Waals surface area contributed by atoms with Gasteiger partial charge in [0.2, 0.25) is 0 Å². The van der Waals surface area contributed by atoms with Gasteiger partial charge in [0.05, 0.1) is 5.70 Å². The molecule has 2 N–H and O–H groups in total. The van der Waals surface area contributed by atoms with E-state index >= 15 is 0 Å². The average Bonchev–Trinajstić information content (AvgIpc) is 2.04. The first-order chi connectivity index (χ1) is 5.25. The van der Waals surface area contributed by atoms with Crippen molar-refractivity contribution < 1.29 is 0 Å². The monoisotopic (exact) mass is 163 g/mol. The van der Waals surface area contributed by atoms with Gasteiger partial charge in [0, 0.05) is 5.56 Å². The van der Waals surface area contributed by atoms with Gasteiger partial charge in [-0.2, -0.15) is 0 Å². The molecule has 0 aliphatic heterocycles. The average molecular weight is 163 g/mol. The van der Waals surface area contributed by atoms with Crippen molar-refractivity contribution in [3.05, 3.63) is 35.4 Å². The van der Waals surface area contributed by atoms with E-state index in [2.05, 4.69) is 17.2 Å². The van der Waals surface area contributed by atoms with Gasteiger partial charge in [-0.3, -0.25) is 0 Å². The Hall–Kier alpha value is -1.11. The van der Waals surface area contributed by atoms with Crippen LogP contribution >= 0.6 is 12.2 Å². The number of hydrogen-bond donors (Lipinski definition) is 1. The molecule has 0 aliphatic carbocycles. The number of hydrogen-bond acceptors (Lipinski definition) is 2. The summed E-state index contributed by atoms with van der Waals surface area (Å²) in [7, 11) is 0. The van der Waals surface area contributed by atoms with Crippen molar-refractivity contribution in [1.82, 2.24) is 0 Å². The highest BCUT2D eigenvalue weighted by Crippen LogP contribution is 2.11. The third-order valence-electron chi connectivity index (χ3n) is 1.55. The Balaban J connectivity index is 3.24. The lowest BCUT2D eigenvalue weighted by Gasteiger charge is -2.01. The smallest absolute Gasteiger partial charge is 0.0938 e. The molecule has 56 valence electrons. The van der Waals surface area contributed by atoms with E-state index < -0.39 is 0 Å². The molecular weight excluding hydrogens is 154 g/mol. The van der Waals surface area contributed by atoms with Crippen molar-refractivity contribution in [2.45, 2.75) is 6.92 Å². The number of aryl methyl sites for hydroxylation is 1. The maximum Gasteiger partial charge on any atom is 0.0938 e. The Morgan fingerprint density at radius 1 is 1.45 bits per heavy atom. The molecular formula is C9H9NS. The zero-order valence-corrected chi connectivity index (χ0v) is 7.11. The summed E-state index contributed by atoms with van der Waals surface area (Å²) in [5.74, 6) is 0. The van der Waals surface area contributed by atoms with Crippen molar-refractivity contribution in [2.75, 3.05) is 0 Å². The number of rotatable bonds is 1. The Morgan fingerprint density at radius 2 is 2.09 bits per heavy atom. The highest BCUT2D eigenvalue weighted by Gasteiger charge is 1.97. The molecule has 0 fully saturated rings. The fraction of sp³-hybridized carbons (Fsp3) is 0.111. The molecule has 1 aromatic rings. The molecule has 11 heavy (non-hydrogen) atoms. The molecule has 2 heteroatoms. The molecule has 1 rings (SSSR count). The van der Waals surface area contributed by atoms with Crippen molar-refractivity contribution in [1.29, 1.82) is 0 Å². The summed E-state index contributed by atoms with van der Waals surface area (Å²) in [5.41, 5.74) is 8.24. The zero-order valence-electron chi connectivity index (χ0n) is 6.29. The Bertz CT molecular complexity index is 311. The lowest BCUT2D eigenvalue weighted by Crippen LogP contribution is -1.97. The van der Waals surface area contributed by atoms with Gasteiger partial charge in [-0.1, -0.05) is 24.3 Å². The van der Waals surface area contributed by atoms with E-state index in [0.29, 0.717) is 5.70 Å². The van der Waals surface area contributed by atoms with Crippen LogP contribution in [0.1, 0.15) is 11.1 Å². The highest BCUT2D eigenvalue weighted by molar-refractivity contribution is 7.78. The number of benzene rings is 1. The summed E-state index contributed by atoms with van der Waals surface area (Å²) >= 11 is 4.60. The van der Waals surface area contributed by atoms with E-state index in [1.807, 2.05) is 31.2 Å². The summed E-state index contributed by atoms with van der Waals surface area (Å²) < 4.78 is 0. The minimum absolute atomic E-state index is 0.540. The first-order valence-electron chi connectivity index (χ1n) is 3.32. The fourth-order valence-corrected chi connectivity index (χ4v) is 1.04. The molecule has 0 radical (unpaired) electrons. The number of nitrogens with two attached hydrogens (primary N) is 1. The third kappa shape index (κ3) is 1.67. The van der Waals surface area contributed by atoms with E-state index in [9.17, 15) is 0 Å². The molecule has 0 amide bonds. The summed E-state index contributed by atoms with van der Waals surface area (Å²) in [6.45, 7) is 1.99. The van der Waals surface area contributed by atoms with Gasteiger partial charge < -0.3 is 5.73 Å². The van der Waals surface area contributed by atoms with Gasteiger partial charge in [-0.15, -0.1) is 0 Å². The van der Waals surface area contributed by atoms with Crippen LogP contribution in [0.4, 0.5) is 0 Å². The first-order valence-corrected chi connectivity index (χ1v) is 3.73. The fourth-order valence-electron chi connectivity index (χ4n) is 0.930. The van der Waals surface area contributed by atoms with Gasteiger partial charge in [0.1, 0.15) is 0 Å². The summed E-state index contributed by atoms with van der Waals surface area (Å²) in [4.78, 5) is 0. The lowest BCUT2D eigenvalue weighted by atomic mass is 10.1. The van der Waals surface area contributed by atoms with Crippen LogP contribution in [-0.4, -0.2) is 5.02 Å². The van der Waals surface area contributed by atoms with Crippen molar-refractivity contribution in [3.8, 4) is 0 Å². The standard InChI is InChI=1S/C9H9NS/c1-7-4-2-3-5-8(7)9(10)6-11/h2-5H,10H2,1H3. The van der Waals surface area contributed by atoms with E-state index in [-0.39, 0.29) is 0 Å². The van der Waals surface area contributed by atoms with Crippen LogP contribution in [0.25, 0.3) is 5.70 Å².